The molecule has 0 bridgehead atoms. The van der Waals surface area contributed by atoms with Crippen molar-refractivity contribution < 1.29 is 19.4 Å². The molecule has 3 N–H and O–H groups in total. The maximum atomic E-state index is 13.0. The largest absolute Gasteiger partial charge is 0.491 e. The van der Waals surface area contributed by atoms with E-state index in [1.54, 1.807) is 23.0 Å². The number of hydrogen-bond acceptors (Lipinski definition) is 7. The molecule has 1 unspecified atom stereocenters. The first-order valence-electron chi connectivity index (χ1n) is 10.4. The fourth-order valence-electron chi connectivity index (χ4n) is 4.15. The summed E-state index contributed by atoms with van der Waals surface area (Å²) in [5.74, 6) is 1.18. The molecule has 2 aliphatic heterocycles. The lowest BCUT2D eigenvalue weighted by molar-refractivity contribution is 0.102. The summed E-state index contributed by atoms with van der Waals surface area (Å²) in [6.07, 6.45) is 5.74. The van der Waals surface area contributed by atoms with E-state index < -0.39 is 6.23 Å². The van der Waals surface area contributed by atoms with Crippen LogP contribution in [0.2, 0.25) is 0 Å². The van der Waals surface area contributed by atoms with Crippen molar-refractivity contribution in [3.8, 4) is 11.5 Å². The molecule has 31 heavy (non-hydrogen) atoms. The third-order valence-corrected chi connectivity index (χ3v) is 5.61. The number of anilines is 1. The van der Waals surface area contributed by atoms with E-state index in [-0.39, 0.29) is 17.4 Å². The van der Waals surface area contributed by atoms with Gasteiger partial charge in [0.05, 0.1) is 18.5 Å². The number of nitrogens with zero attached hydrogens (tertiary/aromatic N) is 3. The molecule has 1 aromatic carbocycles. The highest BCUT2D eigenvalue weighted by molar-refractivity contribution is 6.08. The summed E-state index contributed by atoms with van der Waals surface area (Å²) in [5.41, 5.74) is 2.15. The quantitative estimate of drug-likeness (QED) is 0.576. The zero-order valence-electron chi connectivity index (χ0n) is 17.5. The Kier molecular flexibility index (Phi) is 4.79. The minimum absolute atomic E-state index is 0.188. The summed E-state index contributed by atoms with van der Waals surface area (Å²) in [7, 11) is 0. The molecule has 2 aromatic heterocycles. The summed E-state index contributed by atoms with van der Waals surface area (Å²) in [6, 6.07) is 5.51. The van der Waals surface area contributed by atoms with Gasteiger partial charge in [0, 0.05) is 42.9 Å². The number of ether oxygens (including phenoxy) is 2. The van der Waals surface area contributed by atoms with E-state index in [0.717, 1.165) is 17.7 Å². The van der Waals surface area contributed by atoms with Crippen molar-refractivity contribution in [3.63, 3.8) is 0 Å². The number of hydrogen-bond donors (Lipinski definition) is 3. The SMILES string of the molecule is CC1(C)Cc2cc(NC(=O)c3cnn4cccnc34)c(OC[C@@H]3CNC(O)C3)cc2O1. The van der Waals surface area contributed by atoms with Crippen LogP contribution in [0.25, 0.3) is 5.65 Å². The van der Waals surface area contributed by atoms with Gasteiger partial charge in [-0.15, -0.1) is 0 Å². The van der Waals surface area contributed by atoms with Crippen LogP contribution in [0.3, 0.4) is 0 Å². The topological polar surface area (TPSA) is 110 Å². The lowest BCUT2D eigenvalue weighted by Gasteiger charge is -2.18. The zero-order valence-corrected chi connectivity index (χ0v) is 17.5. The number of aliphatic hydroxyl groups excluding tert-OH is 1. The number of benzene rings is 1. The monoisotopic (exact) mass is 423 g/mol. The minimum Gasteiger partial charge on any atom is -0.491 e. The third-order valence-electron chi connectivity index (χ3n) is 5.61. The third kappa shape index (κ3) is 3.94. The molecule has 1 fully saturated rings. The Hall–Kier alpha value is -3.17. The van der Waals surface area contributed by atoms with E-state index in [4.69, 9.17) is 9.47 Å². The van der Waals surface area contributed by atoms with Crippen LogP contribution in [-0.2, 0) is 6.42 Å². The van der Waals surface area contributed by atoms with Gasteiger partial charge in [0.2, 0.25) is 0 Å². The lowest BCUT2D eigenvalue weighted by atomic mass is 10.0. The summed E-state index contributed by atoms with van der Waals surface area (Å²) in [5, 5.41) is 19.9. The first-order chi connectivity index (χ1) is 14.9. The zero-order chi connectivity index (χ0) is 21.6. The van der Waals surface area contributed by atoms with Gasteiger partial charge in [0.15, 0.2) is 5.65 Å². The van der Waals surface area contributed by atoms with E-state index in [1.165, 1.54) is 6.20 Å². The molecule has 3 aromatic rings. The van der Waals surface area contributed by atoms with Crippen LogP contribution in [0, 0.1) is 5.92 Å². The van der Waals surface area contributed by atoms with E-state index in [2.05, 4.69) is 20.7 Å². The highest BCUT2D eigenvalue weighted by Crippen LogP contribution is 2.41. The van der Waals surface area contributed by atoms with Crippen LogP contribution >= 0.6 is 0 Å². The van der Waals surface area contributed by atoms with Crippen molar-refractivity contribution in [2.75, 3.05) is 18.5 Å². The molecule has 0 aliphatic carbocycles. The molecule has 5 rings (SSSR count). The summed E-state index contributed by atoms with van der Waals surface area (Å²) < 4.78 is 13.7. The Morgan fingerprint density at radius 3 is 3.13 bits per heavy atom. The molecule has 0 spiro atoms. The van der Waals surface area contributed by atoms with Crippen LogP contribution in [0.5, 0.6) is 11.5 Å². The molecule has 162 valence electrons. The maximum Gasteiger partial charge on any atom is 0.261 e. The van der Waals surface area contributed by atoms with Crippen molar-refractivity contribution in [2.45, 2.75) is 38.5 Å². The number of carbonyl (C=O) groups excluding carboxylic acids is 1. The molecular formula is C22H25N5O4. The maximum absolute atomic E-state index is 13.0. The predicted octanol–water partition coefficient (Wildman–Crippen LogP) is 2.00. The normalized spacial score (nSPS) is 21.6. The lowest BCUT2D eigenvalue weighted by Crippen LogP contribution is -2.24. The number of aliphatic hydroxyl groups is 1. The number of carbonyl (C=O) groups is 1. The van der Waals surface area contributed by atoms with E-state index in [9.17, 15) is 9.90 Å². The molecular weight excluding hydrogens is 398 g/mol. The fraction of sp³-hybridized carbons (Fsp3) is 0.409. The van der Waals surface area contributed by atoms with Gasteiger partial charge in [-0.05, 0) is 32.4 Å². The van der Waals surface area contributed by atoms with Crippen molar-refractivity contribution >= 4 is 17.2 Å². The Morgan fingerprint density at radius 2 is 2.32 bits per heavy atom. The molecule has 9 heteroatoms. The van der Waals surface area contributed by atoms with Gasteiger partial charge in [-0.25, -0.2) is 9.50 Å². The van der Waals surface area contributed by atoms with Crippen LogP contribution < -0.4 is 20.1 Å². The molecule has 1 amide bonds. The molecule has 1 saturated heterocycles. The number of rotatable bonds is 5. The fourth-order valence-corrected chi connectivity index (χ4v) is 4.15. The standard InChI is InChI=1S/C22H25N5O4/c1-22(2)9-14-7-16(26-21(29)15-11-25-27-5-3-4-23-20(15)27)18(8-17(14)31-22)30-12-13-6-19(28)24-10-13/h3-5,7-8,11,13,19,24,28H,6,9-10,12H2,1-2H3,(H,26,29)/t13-,19?/m0/s1. The summed E-state index contributed by atoms with van der Waals surface area (Å²) >= 11 is 0. The molecule has 4 heterocycles. The van der Waals surface area contributed by atoms with Gasteiger partial charge in [0.1, 0.15) is 28.9 Å². The van der Waals surface area contributed by atoms with Gasteiger partial charge < -0.3 is 19.9 Å². The second-order valence-corrected chi connectivity index (χ2v) is 8.73. The average Bonchev–Trinajstić information content (AvgIpc) is 3.41. The van der Waals surface area contributed by atoms with Crippen molar-refractivity contribution in [3.05, 3.63) is 47.9 Å². The molecule has 9 nitrogen and oxygen atoms in total. The smallest absolute Gasteiger partial charge is 0.261 e. The summed E-state index contributed by atoms with van der Waals surface area (Å²) in [6.45, 7) is 5.17. The number of aromatic nitrogens is 3. The number of fused-ring (bicyclic) bond motifs is 2. The van der Waals surface area contributed by atoms with Crippen LogP contribution in [0.1, 0.15) is 36.2 Å². The first-order valence-corrected chi connectivity index (χ1v) is 10.4. The van der Waals surface area contributed by atoms with E-state index in [0.29, 0.717) is 42.2 Å². The molecule has 0 saturated carbocycles. The minimum atomic E-state index is -0.500. The Labute approximate surface area is 179 Å². The highest BCUT2D eigenvalue weighted by Gasteiger charge is 2.32. The molecule has 0 radical (unpaired) electrons. The Balaban J connectivity index is 1.42. The predicted molar refractivity (Wildman–Crippen MR) is 113 cm³/mol. The number of nitrogens with one attached hydrogen (secondary N) is 2. The second kappa shape index (κ2) is 7.51. The number of amides is 1. The van der Waals surface area contributed by atoms with Gasteiger partial charge in [-0.2, -0.15) is 5.10 Å². The highest BCUT2D eigenvalue weighted by atomic mass is 16.5. The van der Waals surface area contributed by atoms with E-state index >= 15 is 0 Å². The van der Waals surface area contributed by atoms with E-state index in [1.807, 2.05) is 26.0 Å². The second-order valence-electron chi connectivity index (χ2n) is 8.73. The Morgan fingerprint density at radius 1 is 1.45 bits per heavy atom. The van der Waals surface area contributed by atoms with Crippen molar-refractivity contribution in [1.29, 1.82) is 0 Å². The van der Waals surface area contributed by atoms with Crippen molar-refractivity contribution in [1.82, 2.24) is 19.9 Å². The van der Waals surface area contributed by atoms with Gasteiger partial charge in [-0.1, -0.05) is 0 Å². The van der Waals surface area contributed by atoms with Gasteiger partial charge in [-0.3, -0.25) is 10.1 Å². The van der Waals surface area contributed by atoms with Crippen LogP contribution in [-0.4, -0.2) is 50.6 Å². The van der Waals surface area contributed by atoms with Crippen LogP contribution in [0.4, 0.5) is 5.69 Å². The summed E-state index contributed by atoms with van der Waals surface area (Å²) in [4.78, 5) is 17.3. The Bertz CT molecular complexity index is 1140. The molecule has 2 atom stereocenters. The van der Waals surface area contributed by atoms with Crippen LogP contribution in [0.15, 0.2) is 36.8 Å². The molecule has 2 aliphatic rings. The first kappa shape index (κ1) is 19.8. The average molecular weight is 423 g/mol. The van der Waals surface area contributed by atoms with Gasteiger partial charge in [0.25, 0.3) is 5.91 Å². The van der Waals surface area contributed by atoms with Gasteiger partial charge >= 0.3 is 0 Å². The van der Waals surface area contributed by atoms with Crippen molar-refractivity contribution in [2.24, 2.45) is 5.92 Å².